The third-order valence-electron chi connectivity index (χ3n) is 4.26. The van der Waals surface area contributed by atoms with Crippen molar-refractivity contribution < 1.29 is 19.0 Å². The van der Waals surface area contributed by atoms with E-state index in [1.54, 1.807) is 37.6 Å². The average molecular weight is 377 g/mol. The van der Waals surface area contributed by atoms with Crippen molar-refractivity contribution >= 4 is 23.0 Å². The number of hydrogen-bond donors (Lipinski definition) is 2. The standard InChI is InChI=1S/C21H19N3O4/c1-13-3-5-18(26-2)17(7-13)23-16-8-14(10-22-11-16)21(25)24-15-4-6-19-20(9-15)28-12-27-19/h3-11,23H,12H2,1-2H3,(H,24,25). The molecule has 2 heterocycles. The van der Waals surface area contributed by atoms with Crippen LogP contribution in [0.5, 0.6) is 17.2 Å². The highest BCUT2D eigenvalue weighted by Gasteiger charge is 2.15. The van der Waals surface area contributed by atoms with Gasteiger partial charge in [0.05, 0.1) is 30.2 Å². The molecule has 0 atom stereocenters. The van der Waals surface area contributed by atoms with E-state index in [0.717, 1.165) is 11.3 Å². The summed E-state index contributed by atoms with van der Waals surface area (Å²) in [6.07, 6.45) is 3.17. The molecule has 28 heavy (non-hydrogen) atoms. The molecule has 7 heteroatoms. The van der Waals surface area contributed by atoms with Crippen molar-refractivity contribution in [2.45, 2.75) is 6.92 Å². The van der Waals surface area contributed by atoms with Gasteiger partial charge in [-0.15, -0.1) is 0 Å². The molecular formula is C21H19N3O4. The van der Waals surface area contributed by atoms with E-state index in [9.17, 15) is 4.79 Å². The number of nitrogens with zero attached hydrogens (tertiary/aromatic N) is 1. The minimum absolute atomic E-state index is 0.187. The van der Waals surface area contributed by atoms with Crippen LogP contribution in [-0.4, -0.2) is 24.8 Å². The van der Waals surface area contributed by atoms with E-state index >= 15 is 0 Å². The number of methoxy groups -OCH3 is 1. The van der Waals surface area contributed by atoms with Crippen LogP contribution in [0.25, 0.3) is 0 Å². The lowest BCUT2D eigenvalue weighted by Crippen LogP contribution is -2.12. The number of nitrogens with one attached hydrogen (secondary N) is 2. The van der Waals surface area contributed by atoms with Crippen molar-refractivity contribution in [3.63, 3.8) is 0 Å². The van der Waals surface area contributed by atoms with Gasteiger partial charge in [0.2, 0.25) is 6.79 Å². The van der Waals surface area contributed by atoms with Crippen molar-refractivity contribution in [1.82, 2.24) is 4.98 Å². The summed E-state index contributed by atoms with van der Waals surface area (Å²) in [7, 11) is 1.61. The van der Waals surface area contributed by atoms with E-state index < -0.39 is 0 Å². The van der Waals surface area contributed by atoms with Crippen LogP contribution < -0.4 is 24.8 Å². The maximum atomic E-state index is 12.6. The Morgan fingerprint density at radius 2 is 1.89 bits per heavy atom. The number of pyridine rings is 1. The maximum Gasteiger partial charge on any atom is 0.257 e. The molecule has 1 aromatic heterocycles. The lowest BCUT2D eigenvalue weighted by molar-refractivity contribution is 0.102. The van der Waals surface area contributed by atoms with Crippen LogP contribution in [0.15, 0.2) is 54.9 Å². The van der Waals surface area contributed by atoms with Crippen LogP contribution in [0.2, 0.25) is 0 Å². The van der Waals surface area contributed by atoms with Gasteiger partial charge in [-0.1, -0.05) is 6.07 Å². The molecule has 1 aliphatic rings. The van der Waals surface area contributed by atoms with Crippen molar-refractivity contribution in [2.24, 2.45) is 0 Å². The number of ether oxygens (including phenoxy) is 3. The smallest absolute Gasteiger partial charge is 0.257 e. The van der Waals surface area contributed by atoms with Crippen molar-refractivity contribution in [2.75, 3.05) is 24.5 Å². The second-order valence-corrected chi connectivity index (χ2v) is 6.31. The number of anilines is 3. The van der Waals surface area contributed by atoms with Gasteiger partial charge in [-0.25, -0.2) is 0 Å². The highest BCUT2D eigenvalue weighted by atomic mass is 16.7. The van der Waals surface area contributed by atoms with E-state index in [-0.39, 0.29) is 12.7 Å². The number of fused-ring (bicyclic) bond motifs is 1. The summed E-state index contributed by atoms with van der Waals surface area (Å²) < 4.78 is 16.0. The molecule has 1 amide bonds. The molecule has 0 spiro atoms. The molecule has 0 unspecified atom stereocenters. The molecule has 0 radical (unpaired) electrons. The molecule has 0 bridgehead atoms. The van der Waals surface area contributed by atoms with Gasteiger partial charge in [-0.3, -0.25) is 9.78 Å². The van der Waals surface area contributed by atoms with Crippen LogP contribution in [0.1, 0.15) is 15.9 Å². The summed E-state index contributed by atoms with van der Waals surface area (Å²) >= 11 is 0. The Morgan fingerprint density at radius 1 is 1.04 bits per heavy atom. The zero-order valence-electron chi connectivity index (χ0n) is 15.5. The molecule has 2 aromatic carbocycles. The number of amides is 1. The Kier molecular flexibility index (Phi) is 4.72. The first-order valence-corrected chi connectivity index (χ1v) is 8.70. The number of aryl methyl sites for hydroxylation is 1. The fourth-order valence-corrected chi connectivity index (χ4v) is 2.89. The summed E-state index contributed by atoms with van der Waals surface area (Å²) in [5.74, 6) is 1.71. The van der Waals surface area contributed by atoms with Gasteiger partial charge >= 0.3 is 0 Å². The van der Waals surface area contributed by atoms with Crippen LogP contribution >= 0.6 is 0 Å². The molecule has 4 rings (SSSR count). The van der Waals surface area contributed by atoms with Gasteiger partial charge in [-0.2, -0.15) is 0 Å². The lowest BCUT2D eigenvalue weighted by atomic mass is 10.2. The molecule has 3 aromatic rings. The first-order valence-electron chi connectivity index (χ1n) is 8.70. The summed E-state index contributed by atoms with van der Waals surface area (Å²) in [4.78, 5) is 16.8. The molecular weight excluding hydrogens is 358 g/mol. The fourth-order valence-electron chi connectivity index (χ4n) is 2.89. The average Bonchev–Trinajstić information content (AvgIpc) is 3.16. The van der Waals surface area contributed by atoms with Gasteiger partial charge in [-0.05, 0) is 42.8 Å². The largest absolute Gasteiger partial charge is 0.495 e. The van der Waals surface area contributed by atoms with E-state index in [4.69, 9.17) is 14.2 Å². The van der Waals surface area contributed by atoms with E-state index in [2.05, 4.69) is 15.6 Å². The predicted molar refractivity (Wildman–Crippen MR) is 106 cm³/mol. The van der Waals surface area contributed by atoms with E-state index in [0.29, 0.717) is 34.2 Å². The number of rotatable bonds is 5. The maximum absolute atomic E-state index is 12.6. The predicted octanol–water partition coefficient (Wildman–Crippen LogP) is 4.12. The topological polar surface area (TPSA) is 81.7 Å². The molecule has 7 nitrogen and oxygen atoms in total. The summed E-state index contributed by atoms with van der Waals surface area (Å²) in [5.41, 5.74) is 3.62. The Balaban J connectivity index is 1.52. The first-order chi connectivity index (χ1) is 13.6. The summed E-state index contributed by atoms with van der Waals surface area (Å²) in [5, 5.41) is 6.10. The molecule has 0 aliphatic carbocycles. The number of carbonyl (C=O) groups is 1. The Labute approximate surface area is 162 Å². The van der Waals surface area contributed by atoms with E-state index in [1.165, 1.54) is 6.20 Å². The third kappa shape index (κ3) is 3.68. The first kappa shape index (κ1) is 17.7. The minimum Gasteiger partial charge on any atom is -0.495 e. The molecule has 2 N–H and O–H groups in total. The number of aromatic nitrogens is 1. The third-order valence-corrected chi connectivity index (χ3v) is 4.26. The molecule has 0 saturated carbocycles. The highest BCUT2D eigenvalue weighted by molar-refractivity contribution is 6.04. The number of hydrogen-bond acceptors (Lipinski definition) is 6. The Morgan fingerprint density at radius 3 is 2.75 bits per heavy atom. The van der Waals surface area contributed by atoms with Gasteiger partial charge in [0, 0.05) is 18.0 Å². The van der Waals surface area contributed by atoms with Crippen LogP contribution in [-0.2, 0) is 0 Å². The quantitative estimate of drug-likeness (QED) is 0.696. The zero-order valence-corrected chi connectivity index (χ0v) is 15.5. The molecule has 142 valence electrons. The lowest BCUT2D eigenvalue weighted by Gasteiger charge is -2.12. The van der Waals surface area contributed by atoms with Crippen LogP contribution in [0.3, 0.4) is 0 Å². The van der Waals surface area contributed by atoms with Gasteiger partial charge in [0.25, 0.3) is 5.91 Å². The van der Waals surface area contributed by atoms with Gasteiger partial charge in [0.1, 0.15) is 5.75 Å². The highest BCUT2D eigenvalue weighted by Crippen LogP contribution is 2.34. The monoisotopic (exact) mass is 377 g/mol. The normalized spacial score (nSPS) is 11.8. The van der Waals surface area contributed by atoms with Crippen molar-refractivity contribution in [3.8, 4) is 17.2 Å². The van der Waals surface area contributed by atoms with Crippen LogP contribution in [0.4, 0.5) is 17.1 Å². The van der Waals surface area contributed by atoms with Crippen LogP contribution in [0, 0.1) is 6.92 Å². The Bertz CT molecular complexity index is 1040. The molecule has 0 fully saturated rings. The fraction of sp³-hybridized carbons (Fsp3) is 0.143. The SMILES string of the molecule is COc1ccc(C)cc1Nc1cncc(C(=O)Nc2ccc3c(c2)OCO3)c1. The van der Waals surface area contributed by atoms with E-state index in [1.807, 2.05) is 25.1 Å². The number of benzene rings is 2. The zero-order chi connectivity index (χ0) is 19.5. The number of carbonyl (C=O) groups excluding carboxylic acids is 1. The Hall–Kier alpha value is -3.74. The minimum atomic E-state index is -0.272. The molecule has 0 saturated heterocycles. The van der Waals surface area contributed by atoms with Gasteiger partial charge in [0.15, 0.2) is 11.5 Å². The summed E-state index contributed by atoms with van der Waals surface area (Å²) in [6, 6.07) is 12.8. The second-order valence-electron chi connectivity index (χ2n) is 6.31. The molecule has 1 aliphatic heterocycles. The van der Waals surface area contributed by atoms with Crippen molar-refractivity contribution in [3.05, 3.63) is 66.0 Å². The second kappa shape index (κ2) is 7.48. The van der Waals surface area contributed by atoms with Crippen molar-refractivity contribution in [1.29, 1.82) is 0 Å². The van der Waals surface area contributed by atoms with Gasteiger partial charge < -0.3 is 24.8 Å². The summed E-state index contributed by atoms with van der Waals surface area (Å²) in [6.45, 7) is 2.19.